The van der Waals surface area contributed by atoms with Crippen LogP contribution in [0.2, 0.25) is 0 Å². The molecule has 1 aliphatic rings. The molecule has 0 saturated heterocycles. The van der Waals surface area contributed by atoms with Crippen molar-refractivity contribution in [3.05, 3.63) is 46.2 Å². The zero-order chi connectivity index (χ0) is 15.8. The maximum Gasteiger partial charge on any atom is 0.251 e. The first-order valence-corrected chi connectivity index (χ1v) is 8.05. The molecule has 0 bridgehead atoms. The van der Waals surface area contributed by atoms with Crippen molar-refractivity contribution >= 4 is 22.2 Å². The van der Waals surface area contributed by atoms with Gasteiger partial charge in [-0.2, -0.15) is 14.9 Å². The van der Waals surface area contributed by atoms with Crippen LogP contribution in [0.4, 0.5) is 0 Å². The highest BCUT2D eigenvalue weighted by Crippen LogP contribution is 2.39. The molecular formula is C15H12N6OS. The van der Waals surface area contributed by atoms with Crippen LogP contribution < -0.4 is 5.32 Å². The maximum atomic E-state index is 12.1. The molecule has 8 heteroatoms. The minimum atomic E-state index is -0.226. The molecule has 114 valence electrons. The highest BCUT2D eigenvalue weighted by Gasteiger charge is 2.30. The standard InChI is InChI=1S/C15H12N6OS/c16-7-9-2-1-3-11(6-9)14(22)17-8-12-20-21-13(10-4-5-10)18-19-15(21)23-12/h1-3,6,10H,4-5,8H2,(H,17,22). The van der Waals surface area contributed by atoms with Crippen LogP contribution in [0.3, 0.4) is 0 Å². The van der Waals surface area contributed by atoms with Gasteiger partial charge in [-0.15, -0.1) is 10.2 Å². The lowest BCUT2D eigenvalue weighted by Crippen LogP contribution is -2.22. The SMILES string of the molecule is N#Cc1cccc(C(=O)NCc2nn3c(C4CC4)nnc3s2)c1. The molecule has 1 N–H and O–H groups in total. The van der Waals surface area contributed by atoms with Gasteiger partial charge >= 0.3 is 0 Å². The molecular weight excluding hydrogens is 312 g/mol. The summed E-state index contributed by atoms with van der Waals surface area (Å²) in [5, 5.41) is 25.2. The minimum Gasteiger partial charge on any atom is -0.345 e. The summed E-state index contributed by atoms with van der Waals surface area (Å²) in [6, 6.07) is 8.63. The van der Waals surface area contributed by atoms with Crippen molar-refractivity contribution in [2.24, 2.45) is 0 Å². The van der Waals surface area contributed by atoms with Crippen LogP contribution in [0.5, 0.6) is 0 Å². The van der Waals surface area contributed by atoms with E-state index < -0.39 is 0 Å². The maximum absolute atomic E-state index is 12.1. The summed E-state index contributed by atoms with van der Waals surface area (Å²) in [5.74, 6) is 1.16. The second-order valence-electron chi connectivity index (χ2n) is 5.40. The molecule has 1 aromatic carbocycles. The summed E-state index contributed by atoms with van der Waals surface area (Å²) in [4.78, 5) is 12.9. The molecule has 0 aliphatic heterocycles. The third kappa shape index (κ3) is 2.66. The van der Waals surface area contributed by atoms with E-state index in [1.54, 1.807) is 28.8 Å². The molecule has 1 aliphatic carbocycles. The predicted octanol–water partition coefficient (Wildman–Crippen LogP) is 1.86. The number of aromatic nitrogens is 4. The monoisotopic (exact) mass is 324 g/mol. The number of carbonyl (C=O) groups is 1. The van der Waals surface area contributed by atoms with Crippen molar-refractivity contribution < 1.29 is 4.79 Å². The molecule has 1 fully saturated rings. The first-order valence-electron chi connectivity index (χ1n) is 7.24. The third-order valence-electron chi connectivity index (χ3n) is 3.65. The van der Waals surface area contributed by atoms with Crippen LogP contribution in [0.15, 0.2) is 24.3 Å². The number of fused-ring (bicyclic) bond motifs is 1. The van der Waals surface area contributed by atoms with Crippen LogP contribution >= 0.6 is 11.3 Å². The average Bonchev–Trinajstić information content (AvgIpc) is 3.22. The largest absolute Gasteiger partial charge is 0.345 e. The van der Waals surface area contributed by atoms with E-state index in [-0.39, 0.29) is 5.91 Å². The fourth-order valence-corrected chi connectivity index (χ4v) is 3.11. The number of nitriles is 1. The first-order chi connectivity index (χ1) is 11.2. The van der Waals surface area contributed by atoms with Crippen LogP contribution in [0, 0.1) is 11.3 Å². The Kier molecular flexibility index (Phi) is 3.28. The molecule has 4 rings (SSSR count). The Balaban J connectivity index is 1.48. The molecule has 2 heterocycles. The zero-order valence-corrected chi connectivity index (χ0v) is 12.9. The van der Waals surface area contributed by atoms with E-state index in [9.17, 15) is 4.79 Å². The van der Waals surface area contributed by atoms with Gasteiger partial charge in [-0.25, -0.2) is 0 Å². The summed E-state index contributed by atoms with van der Waals surface area (Å²) in [5.41, 5.74) is 0.927. The second kappa shape index (κ2) is 5.44. The lowest BCUT2D eigenvalue weighted by Gasteiger charge is -2.03. The van der Waals surface area contributed by atoms with Crippen molar-refractivity contribution in [1.29, 1.82) is 5.26 Å². The Morgan fingerprint density at radius 2 is 2.30 bits per heavy atom. The van der Waals surface area contributed by atoms with Gasteiger partial charge in [-0.3, -0.25) is 4.79 Å². The molecule has 1 saturated carbocycles. The van der Waals surface area contributed by atoms with E-state index in [2.05, 4.69) is 20.6 Å². The molecule has 0 spiro atoms. The van der Waals surface area contributed by atoms with Gasteiger partial charge in [-0.1, -0.05) is 17.4 Å². The lowest BCUT2D eigenvalue weighted by molar-refractivity contribution is 0.0950. The Morgan fingerprint density at radius 1 is 1.43 bits per heavy atom. The Labute approximate surface area is 135 Å². The van der Waals surface area contributed by atoms with Gasteiger partial charge in [0, 0.05) is 11.5 Å². The number of nitrogens with zero attached hydrogens (tertiary/aromatic N) is 5. The van der Waals surface area contributed by atoms with Crippen molar-refractivity contribution in [3.63, 3.8) is 0 Å². The van der Waals surface area contributed by atoms with Gasteiger partial charge < -0.3 is 5.32 Å². The van der Waals surface area contributed by atoms with Gasteiger partial charge in [-0.05, 0) is 31.0 Å². The van der Waals surface area contributed by atoms with E-state index in [4.69, 9.17) is 5.26 Å². The summed E-state index contributed by atoms with van der Waals surface area (Å²) in [7, 11) is 0. The average molecular weight is 324 g/mol. The smallest absolute Gasteiger partial charge is 0.251 e. The fraction of sp³-hybridized carbons (Fsp3) is 0.267. The summed E-state index contributed by atoms with van der Waals surface area (Å²) in [6.07, 6.45) is 2.28. The van der Waals surface area contributed by atoms with Crippen molar-refractivity contribution in [2.75, 3.05) is 0 Å². The van der Waals surface area contributed by atoms with E-state index in [0.717, 1.165) is 28.6 Å². The lowest BCUT2D eigenvalue weighted by atomic mass is 10.1. The molecule has 0 radical (unpaired) electrons. The molecule has 23 heavy (non-hydrogen) atoms. The van der Waals surface area contributed by atoms with Gasteiger partial charge in [0.25, 0.3) is 5.91 Å². The quantitative estimate of drug-likeness (QED) is 0.790. The predicted molar refractivity (Wildman–Crippen MR) is 83.0 cm³/mol. The van der Waals surface area contributed by atoms with Crippen LogP contribution in [0.25, 0.3) is 4.96 Å². The zero-order valence-electron chi connectivity index (χ0n) is 12.1. The fourth-order valence-electron chi connectivity index (χ4n) is 2.33. The van der Waals surface area contributed by atoms with Gasteiger partial charge in [0.1, 0.15) is 5.01 Å². The highest BCUT2D eigenvalue weighted by molar-refractivity contribution is 7.16. The Bertz CT molecular complexity index is 933. The van der Waals surface area contributed by atoms with Crippen LogP contribution in [0.1, 0.15) is 45.5 Å². The minimum absolute atomic E-state index is 0.226. The van der Waals surface area contributed by atoms with Gasteiger partial charge in [0.15, 0.2) is 5.82 Å². The number of rotatable bonds is 4. The third-order valence-corrected chi connectivity index (χ3v) is 4.55. The van der Waals surface area contributed by atoms with E-state index in [0.29, 0.717) is 23.6 Å². The normalized spacial score (nSPS) is 13.9. The van der Waals surface area contributed by atoms with E-state index >= 15 is 0 Å². The number of amides is 1. The van der Waals surface area contributed by atoms with Gasteiger partial charge in [0.2, 0.25) is 4.96 Å². The Hall–Kier alpha value is -2.79. The van der Waals surface area contributed by atoms with Crippen molar-refractivity contribution in [3.8, 4) is 6.07 Å². The van der Waals surface area contributed by atoms with Gasteiger partial charge in [0.05, 0.1) is 18.2 Å². The number of nitrogens with one attached hydrogen (secondary N) is 1. The molecule has 0 unspecified atom stereocenters. The molecule has 1 amide bonds. The van der Waals surface area contributed by atoms with E-state index in [1.807, 2.05) is 6.07 Å². The topological polar surface area (TPSA) is 96.0 Å². The summed E-state index contributed by atoms with van der Waals surface area (Å²) < 4.78 is 1.78. The summed E-state index contributed by atoms with van der Waals surface area (Å²) in [6.45, 7) is 0.327. The Morgan fingerprint density at radius 3 is 3.09 bits per heavy atom. The first kappa shape index (κ1) is 13.8. The number of carbonyl (C=O) groups excluding carboxylic acids is 1. The molecule has 0 atom stereocenters. The highest BCUT2D eigenvalue weighted by atomic mass is 32.1. The van der Waals surface area contributed by atoms with Crippen LogP contribution in [-0.4, -0.2) is 25.7 Å². The van der Waals surface area contributed by atoms with E-state index in [1.165, 1.54) is 11.3 Å². The second-order valence-corrected chi connectivity index (χ2v) is 6.44. The van der Waals surface area contributed by atoms with Crippen LogP contribution in [-0.2, 0) is 6.54 Å². The van der Waals surface area contributed by atoms with Crippen molar-refractivity contribution in [2.45, 2.75) is 25.3 Å². The molecule has 2 aromatic heterocycles. The summed E-state index contributed by atoms with van der Waals surface area (Å²) >= 11 is 1.42. The van der Waals surface area contributed by atoms with Crippen molar-refractivity contribution in [1.82, 2.24) is 25.1 Å². The number of benzene rings is 1. The number of hydrogen-bond acceptors (Lipinski definition) is 6. The molecule has 3 aromatic rings. The number of hydrogen-bond donors (Lipinski definition) is 1. The molecule has 7 nitrogen and oxygen atoms in total.